The van der Waals surface area contributed by atoms with Gasteiger partial charge in [-0.2, -0.15) is 0 Å². The van der Waals surface area contributed by atoms with E-state index in [1.165, 1.54) is 5.56 Å². The monoisotopic (exact) mass is 277 g/mol. The second-order valence-electron chi connectivity index (χ2n) is 6.06. The lowest BCUT2D eigenvalue weighted by Crippen LogP contribution is -2.40. The number of anilines is 2. The Bertz CT molecular complexity index is 521. The fourth-order valence-electron chi connectivity index (χ4n) is 2.42. The molecule has 1 aliphatic heterocycles. The van der Waals surface area contributed by atoms with Crippen LogP contribution in [0.15, 0.2) is 12.1 Å². The zero-order valence-electron chi connectivity index (χ0n) is 12.6. The summed E-state index contributed by atoms with van der Waals surface area (Å²) in [6.07, 6.45) is 0.507. The SMILES string of the molecule is CNc1ccc(N)c2c1CCN(C(=O)OC(C)(C)C)C2. The minimum absolute atomic E-state index is 0.280. The maximum Gasteiger partial charge on any atom is 0.410 e. The van der Waals surface area contributed by atoms with Crippen molar-refractivity contribution in [2.45, 2.75) is 39.3 Å². The number of ether oxygens (including phenoxy) is 1. The van der Waals surface area contributed by atoms with E-state index in [1.807, 2.05) is 40.0 Å². The molecule has 1 aromatic rings. The topological polar surface area (TPSA) is 67.6 Å². The van der Waals surface area contributed by atoms with Crippen LogP contribution >= 0.6 is 0 Å². The van der Waals surface area contributed by atoms with E-state index in [1.54, 1.807) is 4.90 Å². The van der Waals surface area contributed by atoms with E-state index < -0.39 is 5.60 Å². The molecule has 0 aliphatic carbocycles. The lowest BCUT2D eigenvalue weighted by atomic mass is 9.96. The molecule has 2 rings (SSSR count). The maximum atomic E-state index is 12.1. The van der Waals surface area contributed by atoms with Crippen molar-refractivity contribution < 1.29 is 9.53 Å². The molecule has 0 spiro atoms. The summed E-state index contributed by atoms with van der Waals surface area (Å²) in [5.74, 6) is 0. The number of nitrogens with two attached hydrogens (primary N) is 1. The van der Waals surface area contributed by atoms with Gasteiger partial charge in [0, 0.05) is 25.0 Å². The van der Waals surface area contributed by atoms with Crippen LogP contribution in [0.5, 0.6) is 0 Å². The minimum atomic E-state index is -0.476. The van der Waals surface area contributed by atoms with Gasteiger partial charge < -0.3 is 20.7 Å². The summed E-state index contributed by atoms with van der Waals surface area (Å²) in [6.45, 7) is 6.77. The number of benzene rings is 1. The summed E-state index contributed by atoms with van der Waals surface area (Å²) >= 11 is 0. The third-order valence-corrected chi connectivity index (χ3v) is 3.37. The Hall–Kier alpha value is -1.91. The van der Waals surface area contributed by atoms with Crippen molar-refractivity contribution in [1.29, 1.82) is 0 Å². The Balaban J connectivity index is 2.21. The van der Waals surface area contributed by atoms with Gasteiger partial charge in [-0.1, -0.05) is 0 Å². The van der Waals surface area contributed by atoms with Gasteiger partial charge >= 0.3 is 6.09 Å². The van der Waals surface area contributed by atoms with Crippen LogP contribution in [0.1, 0.15) is 31.9 Å². The lowest BCUT2D eigenvalue weighted by molar-refractivity contribution is 0.0225. The zero-order valence-corrected chi connectivity index (χ0v) is 12.6. The first kappa shape index (κ1) is 14.5. The molecule has 1 heterocycles. The molecule has 20 heavy (non-hydrogen) atoms. The highest BCUT2D eigenvalue weighted by molar-refractivity contribution is 5.71. The summed E-state index contributed by atoms with van der Waals surface area (Å²) in [5.41, 5.74) is 9.61. The Morgan fingerprint density at radius 3 is 2.65 bits per heavy atom. The lowest BCUT2D eigenvalue weighted by Gasteiger charge is -2.32. The van der Waals surface area contributed by atoms with Crippen molar-refractivity contribution in [2.24, 2.45) is 0 Å². The molecule has 0 fully saturated rings. The highest BCUT2D eigenvalue weighted by Gasteiger charge is 2.27. The van der Waals surface area contributed by atoms with E-state index in [2.05, 4.69) is 5.32 Å². The fraction of sp³-hybridized carbons (Fsp3) is 0.533. The van der Waals surface area contributed by atoms with Crippen molar-refractivity contribution in [3.05, 3.63) is 23.3 Å². The van der Waals surface area contributed by atoms with Crippen LogP contribution in [0.4, 0.5) is 16.2 Å². The second-order valence-corrected chi connectivity index (χ2v) is 6.06. The van der Waals surface area contributed by atoms with Crippen LogP contribution in [0, 0.1) is 0 Å². The molecule has 5 nitrogen and oxygen atoms in total. The molecular weight excluding hydrogens is 254 g/mol. The number of rotatable bonds is 1. The predicted octanol–water partition coefficient (Wildman–Crippen LogP) is 2.60. The average molecular weight is 277 g/mol. The molecule has 0 unspecified atom stereocenters. The van der Waals surface area contributed by atoms with Gasteiger partial charge in [-0.05, 0) is 50.5 Å². The van der Waals surface area contributed by atoms with E-state index in [9.17, 15) is 4.79 Å². The smallest absolute Gasteiger partial charge is 0.410 e. The van der Waals surface area contributed by atoms with Crippen LogP contribution in [0.3, 0.4) is 0 Å². The normalized spacial score (nSPS) is 14.7. The van der Waals surface area contributed by atoms with E-state index in [-0.39, 0.29) is 6.09 Å². The summed E-state index contributed by atoms with van der Waals surface area (Å²) in [6, 6.07) is 3.86. The number of fused-ring (bicyclic) bond motifs is 1. The van der Waals surface area contributed by atoms with Gasteiger partial charge in [-0.3, -0.25) is 0 Å². The summed E-state index contributed by atoms with van der Waals surface area (Å²) in [5, 5.41) is 3.17. The molecule has 1 aliphatic rings. The predicted molar refractivity (Wildman–Crippen MR) is 80.7 cm³/mol. The third kappa shape index (κ3) is 2.98. The molecule has 0 radical (unpaired) electrons. The quantitative estimate of drug-likeness (QED) is 0.774. The Labute approximate surface area is 120 Å². The molecule has 110 valence electrons. The van der Waals surface area contributed by atoms with Crippen LogP contribution in [0.2, 0.25) is 0 Å². The molecule has 1 amide bonds. The first-order valence-corrected chi connectivity index (χ1v) is 6.87. The molecule has 5 heteroatoms. The average Bonchev–Trinajstić information content (AvgIpc) is 2.37. The number of nitrogens with one attached hydrogen (secondary N) is 1. The van der Waals surface area contributed by atoms with Crippen LogP contribution in [0.25, 0.3) is 0 Å². The fourth-order valence-corrected chi connectivity index (χ4v) is 2.42. The van der Waals surface area contributed by atoms with Crippen LogP contribution in [-0.4, -0.2) is 30.2 Å². The van der Waals surface area contributed by atoms with Gasteiger partial charge in [-0.15, -0.1) is 0 Å². The second kappa shape index (κ2) is 5.23. The minimum Gasteiger partial charge on any atom is -0.444 e. The highest BCUT2D eigenvalue weighted by atomic mass is 16.6. The van der Waals surface area contributed by atoms with E-state index in [0.717, 1.165) is 23.4 Å². The van der Waals surface area contributed by atoms with Gasteiger partial charge in [0.25, 0.3) is 0 Å². The summed E-state index contributed by atoms with van der Waals surface area (Å²) in [7, 11) is 1.89. The number of carbonyl (C=O) groups excluding carboxylic acids is 1. The first-order chi connectivity index (χ1) is 9.31. The van der Waals surface area contributed by atoms with Crippen molar-refractivity contribution in [1.82, 2.24) is 4.90 Å². The van der Waals surface area contributed by atoms with E-state index >= 15 is 0 Å². The third-order valence-electron chi connectivity index (χ3n) is 3.37. The molecule has 0 saturated heterocycles. The largest absolute Gasteiger partial charge is 0.444 e. The maximum absolute atomic E-state index is 12.1. The van der Waals surface area contributed by atoms with Gasteiger partial charge in [-0.25, -0.2) is 4.79 Å². The molecule has 0 saturated carbocycles. The van der Waals surface area contributed by atoms with Crippen molar-refractivity contribution in [3.63, 3.8) is 0 Å². The molecule has 0 aromatic heterocycles. The Morgan fingerprint density at radius 1 is 1.35 bits per heavy atom. The van der Waals surface area contributed by atoms with E-state index in [0.29, 0.717) is 13.1 Å². The van der Waals surface area contributed by atoms with Crippen molar-refractivity contribution in [3.8, 4) is 0 Å². The van der Waals surface area contributed by atoms with Gasteiger partial charge in [0.2, 0.25) is 0 Å². The van der Waals surface area contributed by atoms with Gasteiger partial charge in [0.15, 0.2) is 0 Å². The molecule has 3 N–H and O–H groups in total. The number of nitrogens with zero attached hydrogens (tertiary/aromatic N) is 1. The zero-order chi connectivity index (χ0) is 14.9. The molecule has 0 atom stereocenters. The Kier molecular flexibility index (Phi) is 3.79. The standard InChI is InChI=1S/C15H23N3O2/c1-15(2,3)20-14(19)18-8-7-10-11(9-18)12(16)5-6-13(10)17-4/h5-6,17H,7-9,16H2,1-4H3. The first-order valence-electron chi connectivity index (χ1n) is 6.87. The number of hydrogen-bond donors (Lipinski definition) is 2. The Morgan fingerprint density at radius 2 is 2.05 bits per heavy atom. The van der Waals surface area contributed by atoms with Gasteiger partial charge in [0.05, 0.1) is 6.54 Å². The van der Waals surface area contributed by atoms with E-state index in [4.69, 9.17) is 10.5 Å². The number of amides is 1. The number of carbonyl (C=O) groups is 1. The summed E-state index contributed by atoms with van der Waals surface area (Å²) < 4.78 is 5.42. The van der Waals surface area contributed by atoms with Crippen molar-refractivity contribution in [2.75, 3.05) is 24.6 Å². The number of nitrogen functional groups attached to an aromatic ring is 1. The number of hydrogen-bond acceptors (Lipinski definition) is 4. The highest BCUT2D eigenvalue weighted by Crippen LogP contribution is 2.31. The molecule has 1 aromatic carbocycles. The molecule has 0 bridgehead atoms. The van der Waals surface area contributed by atoms with Crippen molar-refractivity contribution >= 4 is 17.5 Å². The van der Waals surface area contributed by atoms with Gasteiger partial charge in [0.1, 0.15) is 5.60 Å². The van der Waals surface area contributed by atoms with Crippen LogP contribution in [-0.2, 0) is 17.7 Å². The summed E-state index contributed by atoms with van der Waals surface area (Å²) in [4.78, 5) is 13.8. The van der Waals surface area contributed by atoms with Crippen LogP contribution < -0.4 is 11.1 Å². The molecular formula is C15H23N3O2.